The average molecular weight is 313 g/mol. The standard InChI is InChI=1S/C15H12FN5O2/c16-11-2-1-3-13(8-11)23-9-14(22)17-12-6-4-10(5-7-12)15-18-20-21-19-15/h1-8H,9H2,(H,17,22)(H,18,19,20,21). The minimum atomic E-state index is -0.417. The second-order valence-electron chi connectivity index (χ2n) is 4.61. The summed E-state index contributed by atoms with van der Waals surface area (Å²) in [5.74, 6) is 0.00598. The fourth-order valence-corrected chi connectivity index (χ4v) is 1.89. The number of aromatic nitrogens is 4. The first-order chi connectivity index (χ1) is 11.2. The molecule has 0 saturated heterocycles. The summed E-state index contributed by atoms with van der Waals surface area (Å²) in [6, 6.07) is 12.6. The van der Waals surface area contributed by atoms with Crippen molar-refractivity contribution in [2.75, 3.05) is 11.9 Å². The molecule has 8 heteroatoms. The highest BCUT2D eigenvalue weighted by molar-refractivity contribution is 5.92. The summed E-state index contributed by atoms with van der Waals surface area (Å²) < 4.78 is 18.2. The van der Waals surface area contributed by atoms with Crippen molar-refractivity contribution in [1.82, 2.24) is 20.6 Å². The molecule has 116 valence electrons. The molecule has 2 N–H and O–H groups in total. The number of hydrogen-bond acceptors (Lipinski definition) is 5. The van der Waals surface area contributed by atoms with E-state index in [2.05, 4.69) is 25.9 Å². The molecule has 7 nitrogen and oxygen atoms in total. The summed E-state index contributed by atoms with van der Waals surface area (Å²) in [6.07, 6.45) is 0. The van der Waals surface area contributed by atoms with E-state index < -0.39 is 5.82 Å². The second kappa shape index (κ2) is 6.65. The molecule has 0 saturated carbocycles. The number of tetrazole rings is 1. The van der Waals surface area contributed by atoms with Gasteiger partial charge in [-0.1, -0.05) is 6.07 Å². The minimum absolute atomic E-state index is 0.212. The van der Waals surface area contributed by atoms with Crippen LogP contribution in [0.15, 0.2) is 48.5 Å². The predicted octanol–water partition coefficient (Wildman–Crippen LogP) is 2.02. The SMILES string of the molecule is O=C(COc1cccc(F)c1)Nc1ccc(-c2nn[nH]n2)cc1. The number of nitrogens with zero attached hydrogens (tertiary/aromatic N) is 3. The van der Waals surface area contributed by atoms with Crippen molar-refractivity contribution < 1.29 is 13.9 Å². The van der Waals surface area contributed by atoms with Gasteiger partial charge in [-0.05, 0) is 41.6 Å². The van der Waals surface area contributed by atoms with Crippen molar-refractivity contribution in [3.8, 4) is 17.1 Å². The highest BCUT2D eigenvalue weighted by Crippen LogP contribution is 2.17. The van der Waals surface area contributed by atoms with E-state index in [4.69, 9.17) is 4.74 Å². The monoisotopic (exact) mass is 313 g/mol. The number of ether oxygens (including phenoxy) is 1. The molecular weight excluding hydrogens is 301 g/mol. The zero-order valence-corrected chi connectivity index (χ0v) is 11.9. The van der Waals surface area contributed by atoms with Crippen molar-refractivity contribution >= 4 is 11.6 Å². The molecule has 0 radical (unpaired) electrons. The molecule has 0 aliphatic heterocycles. The Morgan fingerprint density at radius 3 is 2.74 bits per heavy atom. The lowest BCUT2D eigenvalue weighted by Gasteiger charge is -2.08. The van der Waals surface area contributed by atoms with Crippen LogP contribution in [0.5, 0.6) is 5.75 Å². The highest BCUT2D eigenvalue weighted by atomic mass is 19.1. The van der Waals surface area contributed by atoms with Gasteiger partial charge >= 0.3 is 0 Å². The number of halogens is 1. The van der Waals surface area contributed by atoms with Gasteiger partial charge in [0.15, 0.2) is 6.61 Å². The number of anilines is 1. The van der Waals surface area contributed by atoms with E-state index >= 15 is 0 Å². The number of rotatable bonds is 5. The molecule has 3 aromatic rings. The Morgan fingerprint density at radius 1 is 1.22 bits per heavy atom. The van der Waals surface area contributed by atoms with Crippen LogP contribution in [0.3, 0.4) is 0 Å². The molecule has 0 unspecified atom stereocenters. The molecule has 1 heterocycles. The zero-order chi connectivity index (χ0) is 16.1. The summed E-state index contributed by atoms with van der Waals surface area (Å²) in [5, 5.41) is 16.2. The number of carbonyl (C=O) groups is 1. The Balaban J connectivity index is 1.55. The van der Waals surface area contributed by atoms with E-state index in [1.54, 1.807) is 30.3 Å². The van der Waals surface area contributed by atoms with Crippen LogP contribution in [0.2, 0.25) is 0 Å². The van der Waals surface area contributed by atoms with E-state index in [1.807, 2.05) is 0 Å². The fraction of sp³-hybridized carbons (Fsp3) is 0.0667. The van der Waals surface area contributed by atoms with Crippen LogP contribution in [-0.2, 0) is 4.79 Å². The van der Waals surface area contributed by atoms with Gasteiger partial charge in [0, 0.05) is 17.3 Å². The lowest BCUT2D eigenvalue weighted by Crippen LogP contribution is -2.20. The molecule has 0 aliphatic rings. The van der Waals surface area contributed by atoms with Crippen LogP contribution in [0.4, 0.5) is 10.1 Å². The third-order valence-electron chi connectivity index (χ3n) is 2.94. The quantitative estimate of drug-likeness (QED) is 0.752. The summed E-state index contributed by atoms with van der Waals surface area (Å²) >= 11 is 0. The highest BCUT2D eigenvalue weighted by Gasteiger charge is 2.06. The first kappa shape index (κ1) is 14.6. The summed E-state index contributed by atoms with van der Waals surface area (Å²) in [5.41, 5.74) is 1.37. The average Bonchev–Trinajstić information content (AvgIpc) is 3.08. The van der Waals surface area contributed by atoms with Crippen molar-refractivity contribution in [3.63, 3.8) is 0 Å². The van der Waals surface area contributed by atoms with Gasteiger partial charge in [-0.15, -0.1) is 10.2 Å². The molecule has 0 fully saturated rings. The van der Waals surface area contributed by atoms with Crippen LogP contribution in [-0.4, -0.2) is 33.1 Å². The topological polar surface area (TPSA) is 92.8 Å². The smallest absolute Gasteiger partial charge is 0.262 e. The lowest BCUT2D eigenvalue weighted by molar-refractivity contribution is -0.118. The Hall–Kier alpha value is -3.29. The number of amides is 1. The van der Waals surface area contributed by atoms with Crippen LogP contribution in [0, 0.1) is 5.82 Å². The van der Waals surface area contributed by atoms with Crippen molar-refractivity contribution in [2.45, 2.75) is 0 Å². The Labute approximate surface area is 130 Å². The summed E-state index contributed by atoms with van der Waals surface area (Å²) in [6.45, 7) is -0.212. The van der Waals surface area contributed by atoms with E-state index in [-0.39, 0.29) is 12.5 Å². The molecule has 0 bridgehead atoms. The van der Waals surface area contributed by atoms with Gasteiger partial charge in [0.05, 0.1) is 0 Å². The van der Waals surface area contributed by atoms with Crippen LogP contribution >= 0.6 is 0 Å². The maximum absolute atomic E-state index is 13.0. The number of carbonyl (C=O) groups excluding carboxylic acids is 1. The third-order valence-corrected chi connectivity index (χ3v) is 2.94. The second-order valence-corrected chi connectivity index (χ2v) is 4.61. The maximum atomic E-state index is 13.0. The molecule has 1 aromatic heterocycles. The number of nitrogens with one attached hydrogen (secondary N) is 2. The molecule has 1 amide bonds. The van der Waals surface area contributed by atoms with E-state index in [9.17, 15) is 9.18 Å². The van der Waals surface area contributed by atoms with Gasteiger partial charge in [0.1, 0.15) is 11.6 Å². The molecular formula is C15H12FN5O2. The Morgan fingerprint density at radius 2 is 2.04 bits per heavy atom. The fourth-order valence-electron chi connectivity index (χ4n) is 1.89. The van der Waals surface area contributed by atoms with Gasteiger partial charge in [-0.2, -0.15) is 5.21 Å². The number of aromatic amines is 1. The maximum Gasteiger partial charge on any atom is 0.262 e. The first-order valence-corrected chi connectivity index (χ1v) is 6.73. The van der Waals surface area contributed by atoms with Crippen LogP contribution < -0.4 is 10.1 Å². The largest absolute Gasteiger partial charge is 0.484 e. The van der Waals surface area contributed by atoms with Gasteiger partial charge in [0.2, 0.25) is 5.82 Å². The zero-order valence-electron chi connectivity index (χ0n) is 11.9. The van der Waals surface area contributed by atoms with Crippen molar-refractivity contribution in [3.05, 3.63) is 54.3 Å². The number of H-pyrrole nitrogens is 1. The van der Waals surface area contributed by atoms with E-state index in [1.165, 1.54) is 18.2 Å². The van der Waals surface area contributed by atoms with Gasteiger partial charge in [-0.3, -0.25) is 4.79 Å². The Bertz CT molecular complexity index is 790. The summed E-state index contributed by atoms with van der Waals surface area (Å²) in [7, 11) is 0. The van der Waals surface area contributed by atoms with Crippen molar-refractivity contribution in [2.24, 2.45) is 0 Å². The first-order valence-electron chi connectivity index (χ1n) is 6.73. The van der Waals surface area contributed by atoms with Gasteiger partial charge < -0.3 is 10.1 Å². The minimum Gasteiger partial charge on any atom is -0.484 e. The molecule has 2 aromatic carbocycles. The van der Waals surface area contributed by atoms with Crippen LogP contribution in [0.25, 0.3) is 11.4 Å². The van der Waals surface area contributed by atoms with Crippen molar-refractivity contribution in [1.29, 1.82) is 0 Å². The van der Waals surface area contributed by atoms with Crippen LogP contribution in [0.1, 0.15) is 0 Å². The summed E-state index contributed by atoms with van der Waals surface area (Å²) in [4.78, 5) is 11.8. The third kappa shape index (κ3) is 3.88. The molecule has 23 heavy (non-hydrogen) atoms. The van der Waals surface area contributed by atoms with Gasteiger partial charge in [0.25, 0.3) is 5.91 Å². The number of benzene rings is 2. The molecule has 3 rings (SSSR count). The normalized spacial score (nSPS) is 10.3. The lowest BCUT2D eigenvalue weighted by atomic mass is 10.2. The molecule has 0 aliphatic carbocycles. The Kier molecular flexibility index (Phi) is 4.23. The number of hydrogen-bond donors (Lipinski definition) is 2. The van der Waals surface area contributed by atoms with Gasteiger partial charge in [-0.25, -0.2) is 4.39 Å². The van der Waals surface area contributed by atoms with E-state index in [0.29, 0.717) is 17.3 Å². The molecule has 0 spiro atoms. The van der Waals surface area contributed by atoms with E-state index in [0.717, 1.165) is 5.56 Å². The predicted molar refractivity (Wildman–Crippen MR) is 80.1 cm³/mol. The molecule has 0 atom stereocenters.